The SMILES string of the molecule is COc1ccc(/C=N\Nc2cn[nH]c(=O)c2Cl)c(Br)c1O. The van der Waals surface area contributed by atoms with Gasteiger partial charge in [0.25, 0.3) is 5.56 Å². The summed E-state index contributed by atoms with van der Waals surface area (Å²) in [5, 5.41) is 19.5. The summed E-state index contributed by atoms with van der Waals surface area (Å²) in [4.78, 5) is 11.2. The summed E-state index contributed by atoms with van der Waals surface area (Å²) in [6.07, 6.45) is 2.78. The quantitative estimate of drug-likeness (QED) is 0.564. The van der Waals surface area contributed by atoms with Gasteiger partial charge in [0.1, 0.15) is 10.7 Å². The lowest BCUT2D eigenvalue weighted by molar-refractivity contribution is 0.372. The smallest absolute Gasteiger partial charge is 0.285 e. The van der Waals surface area contributed by atoms with Crippen molar-refractivity contribution in [3.05, 3.63) is 43.7 Å². The molecule has 0 aliphatic rings. The zero-order valence-electron chi connectivity index (χ0n) is 10.7. The minimum Gasteiger partial charge on any atom is -0.503 e. The van der Waals surface area contributed by atoms with Gasteiger partial charge in [-0.1, -0.05) is 11.6 Å². The standard InChI is InChI=1S/C12H10BrClN4O3/c1-21-8-3-2-6(9(13)11(8)19)4-15-17-7-5-16-18-12(20)10(7)14/h2-5,19H,1H3,(H2,17,18,20)/b15-4-. The number of hydrogen-bond acceptors (Lipinski definition) is 6. The van der Waals surface area contributed by atoms with E-state index in [1.54, 1.807) is 12.1 Å². The lowest BCUT2D eigenvalue weighted by Crippen LogP contribution is -2.10. The second-order valence-corrected chi connectivity index (χ2v) is 4.99. The van der Waals surface area contributed by atoms with Gasteiger partial charge in [0, 0.05) is 5.56 Å². The summed E-state index contributed by atoms with van der Waals surface area (Å²) < 4.78 is 5.41. The predicted octanol–water partition coefficient (Wildman–Crippen LogP) is 2.35. The highest BCUT2D eigenvalue weighted by atomic mass is 79.9. The van der Waals surface area contributed by atoms with Crippen LogP contribution in [0.3, 0.4) is 0 Å². The van der Waals surface area contributed by atoms with Crippen LogP contribution >= 0.6 is 27.5 Å². The first-order valence-corrected chi connectivity index (χ1v) is 6.79. The molecule has 0 amide bonds. The molecular weight excluding hydrogens is 364 g/mol. The number of benzene rings is 1. The lowest BCUT2D eigenvalue weighted by Gasteiger charge is -2.07. The molecule has 0 spiro atoms. The number of nitrogens with one attached hydrogen (secondary N) is 2. The Labute approximate surface area is 132 Å². The van der Waals surface area contributed by atoms with Gasteiger partial charge in [-0.25, -0.2) is 5.10 Å². The van der Waals surface area contributed by atoms with Crippen molar-refractivity contribution in [2.75, 3.05) is 12.5 Å². The second-order valence-electron chi connectivity index (χ2n) is 3.82. The normalized spacial score (nSPS) is 10.8. The van der Waals surface area contributed by atoms with Crippen LogP contribution in [0, 0.1) is 0 Å². The van der Waals surface area contributed by atoms with Crippen molar-refractivity contribution in [3.63, 3.8) is 0 Å². The fraction of sp³-hybridized carbons (Fsp3) is 0.0833. The van der Waals surface area contributed by atoms with Gasteiger partial charge in [-0.05, 0) is 28.1 Å². The second kappa shape index (κ2) is 6.59. The number of methoxy groups -OCH3 is 1. The average molecular weight is 374 g/mol. The molecular formula is C12H10BrClN4O3. The number of anilines is 1. The maximum Gasteiger partial charge on any atom is 0.285 e. The molecule has 0 aliphatic carbocycles. The number of phenols is 1. The number of aromatic hydroxyl groups is 1. The highest BCUT2D eigenvalue weighted by molar-refractivity contribution is 9.10. The molecule has 0 atom stereocenters. The molecule has 0 aliphatic heterocycles. The molecule has 0 fully saturated rings. The Balaban J connectivity index is 2.21. The minimum atomic E-state index is -0.514. The first kappa shape index (κ1) is 15.3. The van der Waals surface area contributed by atoms with Gasteiger partial charge in [-0.15, -0.1) is 0 Å². The summed E-state index contributed by atoms with van der Waals surface area (Å²) in [6, 6.07) is 3.30. The Hall–Kier alpha value is -2.06. The first-order chi connectivity index (χ1) is 10.0. The number of hydrogen-bond donors (Lipinski definition) is 3. The Morgan fingerprint density at radius 2 is 2.33 bits per heavy atom. The maximum absolute atomic E-state index is 11.2. The van der Waals surface area contributed by atoms with Gasteiger partial charge < -0.3 is 9.84 Å². The third-order valence-corrected chi connectivity index (χ3v) is 3.72. The van der Waals surface area contributed by atoms with E-state index in [0.29, 0.717) is 15.8 Å². The third-order valence-electron chi connectivity index (χ3n) is 2.51. The molecule has 2 rings (SSSR count). The number of halogens is 2. The molecule has 0 saturated carbocycles. The molecule has 0 radical (unpaired) electrons. The molecule has 0 saturated heterocycles. The number of aromatic nitrogens is 2. The number of H-pyrrole nitrogens is 1. The van der Waals surface area contributed by atoms with E-state index >= 15 is 0 Å². The van der Waals surface area contributed by atoms with Crippen LogP contribution < -0.4 is 15.7 Å². The fourth-order valence-corrected chi connectivity index (χ4v) is 2.02. The molecule has 0 unspecified atom stereocenters. The van der Waals surface area contributed by atoms with E-state index in [9.17, 15) is 9.90 Å². The van der Waals surface area contributed by atoms with Gasteiger partial charge >= 0.3 is 0 Å². The van der Waals surface area contributed by atoms with Crippen LogP contribution in [0.15, 0.2) is 32.7 Å². The van der Waals surface area contributed by atoms with E-state index in [0.717, 1.165) is 0 Å². The van der Waals surface area contributed by atoms with Crippen molar-refractivity contribution in [2.24, 2.45) is 5.10 Å². The summed E-state index contributed by atoms with van der Waals surface area (Å²) in [5.41, 5.74) is 2.96. The highest BCUT2D eigenvalue weighted by Gasteiger charge is 2.09. The highest BCUT2D eigenvalue weighted by Crippen LogP contribution is 2.35. The fourth-order valence-electron chi connectivity index (χ4n) is 1.46. The van der Waals surface area contributed by atoms with Gasteiger partial charge in [-0.2, -0.15) is 10.2 Å². The number of ether oxygens (including phenoxy) is 1. The van der Waals surface area contributed by atoms with Crippen molar-refractivity contribution < 1.29 is 9.84 Å². The maximum atomic E-state index is 11.2. The zero-order valence-corrected chi connectivity index (χ0v) is 13.1. The molecule has 21 heavy (non-hydrogen) atoms. The van der Waals surface area contributed by atoms with Crippen LogP contribution in [0.25, 0.3) is 0 Å². The van der Waals surface area contributed by atoms with Crippen molar-refractivity contribution in [1.82, 2.24) is 10.2 Å². The van der Waals surface area contributed by atoms with E-state index in [2.05, 4.69) is 36.7 Å². The van der Waals surface area contributed by atoms with Gasteiger partial charge in [0.2, 0.25) is 0 Å². The Morgan fingerprint density at radius 1 is 1.57 bits per heavy atom. The monoisotopic (exact) mass is 372 g/mol. The van der Waals surface area contributed by atoms with Crippen LogP contribution in [0.2, 0.25) is 5.02 Å². The molecule has 110 valence electrons. The molecule has 9 heteroatoms. The van der Waals surface area contributed by atoms with E-state index in [1.165, 1.54) is 19.5 Å². The lowest BCUT2D eigenvalue weighted by atomic mass is 10.2. The molecule has 1 heterocycles. The van der Waals surface area contributed by atoms with E-state index in [4.69, 9.17) is 16.3 Å². The zero-order chi connectivity index (χ0) is 15.4. The summed E-state index contributed by atoms with van der Waals surface area (Å²) in [7, 11) is 1.46. The summed E-state index contributed by atoms with van der Waals surface area (Å²) in [6.45, 7) is 0. The van der Waals surface area contributed by atoms with Crippen molar-refractivity contribution in [2.45, 2.75) is 0 Å². The van der Waals surface area contributed by atoms with Gasteiger partial charge in [0.15, 0.2) is 11.5 Å². The van der Waals surface area contributed by atoms with E-state index < -0.39 is 5.56 Å². The molecule has 0 bridgehead atoms. The van der Waals surface area contributed by atoms with Crippen molar-refractivity contribution in [1.29, 1.82) is 0 Å². The Morgan fingerprint density at radius 3 is 3.05 bits per heavy atom. The summed E-state index contributed by atoms with van der Waals surface area (Å²) >= 11 is 9.03. The average Bonchev–Trinajstić information content (AvgIpc) is 2.48. The number of hydrazone groups is 1. The molecule has 1 aromatic heterocycles. The van der Waals surface area contributed by atoms with Gasteiger partial charge in [0.05, 0.1) is 24.0 Å². The van der Waals surface area contributed by atoms with Crippen LogP contribution in [-0.2, 0) is 0 Å². The van der Waals surface area contributed by atoms with Crippen molar-refractivity contribution in [3.8, 4) is 11.5 Å². The van der Waals surface area contributed by atoms with Crippen LogP contribution in [0.1, 0.15) is 5.56 Å². The Bertz CT molecular complexity index is 748. The van der Waals surface area contributed by atoms with E-state index in [-0.39, 0.29) is 16.5 Å². The molecule has 2 aromatic rings. The Kier molecular flexibility index (Phi) is 4.81. The molecule has 3 N–H and O–H groups in total. The minimum absolute atomic E-state index is 0.0303. The topological polar surface area (TPSA) is 99.6 Å². The van der Waals surface area contributed by atoms with Crippen molar-refractivity contribution >= 4 is 39.4 Å². The first-order valence-electron chi connectivity index (χ1n) is 5.62. The van der Waals surface area contributed by atoms with Crippen LogP contribution in [-0.4, -0.2) is 28.6 Å². The number of aromatic amines is 1. The predicted molar refractivity (Wildman–Crippen MR) is 83.4 cm³/mol. The molecule has 7 nitrogen and oxygen atoms in total. The largest absolute Gasteiger partial charge is 0.503 e. The van der Waals surface area contributed by atoms with Gasteiger partial charge in [-0.3, -0.25) is 10.2 Å². The van der Waals surface area contributed by atoms with E-state index in [1.807, 2.05) is 0 Å². The summed E-state index contributed by atoms with van der Waals surface area (Å²) in [5.74, 6) is 0.311. The molecule has 1 aromatic carbocycles. The van der Waals surface area contributed by atoms with Crippen LogP contribution in [0.4, 0.5) is 5.69 Å². The number of phenolic OH excluding ortho intramolecular Hbond substituents is 1. The number of rotatable bonds is 4. The third kappa shape index (κ3) is 3.34. The number of nitrogens with zero attached hydrogens (tertiary/aromatic N) is 2. The van der Waals surface area contributed by atoms with Crippen LogP contribution in [0.5, 0.6) is 11.5 Å².